The van der Waals surface area contributed by atoms with E-state index < -0.39 is 0 Å². The highest BCUT2D eigenvalue weighted by atomic mass is 16.5. The number of carbonyl (C=O) groups excluding carboxylic acids is 1. The maximum absolute atomic E-state index is 10.9. The minimum atomic E-state index is -0.00345. The van der Waals surface area contributed by atoms with Crippen LogP contribution in [0.15, 0.2) is 11.6 Å². The van der Waals surface area contributed by atoms with Crippen LogP contribution in [0.2, 0.25) is 0 Å². The standard InChI is InChI=1S/C11H16O2/c1-8-2-4-9(5-3-8)10-6-7-11(12)13-10/h2,9-10H,3-7H2,1H3. The van der Waals surface area contributed by atoms with Crippen LogP contribution < -0.4 is 0 Å². The van der Waals surface area contributed by atoms with Crippen LogP contribution in [0.3, 0.4) is 0 Å². The predicted octanol–water partition coefficient (Wildman–Crippen LogP) is 2.44. The number of ether oxygens (including phenoxy) is 1. The molecule has 1 heterocycles. The Morgan fingerprint density at radius 2 is 2.23 bits per heavy atom. The Bertz CT molecular complexity index is 242. The summed E-state index contributed by atoms with van der Waals surface area (Å²) >= 11 is 0. The van der Waals surface area contributed by atoms with Gasteiger partial charge in [0.25, 0.3) is 0 Å². The van der Waals surface area contributed by atoms with Crippen molar-refractivity contribution in [3.05, 3.63) is 11.6 Å². The Kier molecular flexibility index (Phi) is 2.38. The van der Waals surface area contributed by atoms with Crippen molar-refractivity contribution in [1.82, 2.24) is 0 Å². The first kappa shape index (κ1) is 8.79. The quantitative estimate of drug-likeness (QED) is 0.457. The first-order chi connectivity index (χ1) is 6.25. The molecule has 0 saturated carbocycles. The molecule has 2 nitrogen and oxygen atoms in total. The third kappa shape index (κ3) is 1.93. The van der Waals surface area contributed by atoms with Crippen molar-refractivity contribution in [3.63, 3.8) is 0 Å². The molecule has 0 aromatic heterocycles. The second-order valence-corrected chi connectivity index (χ2v) is 4.15. The molecule has 1 fully saturated rings. The maximum atomic E-state index is 10.9. The van der Waals surface area contributed by atoms with Crippen molar-refractivity contribution in [2.75, 3.05) is 0 Å². The maximum Gasteiger partial charge on any atom is 0.306 e. The van der Waals surface area contributed by atoms with E-state index in [1.165, 1.54) is 18.4 Å². The van der Waals surface area contributed by atoms with Crippen molar-refractivity contribution in [2.45, 2.75) is 45.1 Å². The lowest BCUT2D eigenvalue weighted by Gasteiger charge is -2.24. The van der Waals surface area contributed by atoms with E-state index in [0.717, 1.165) is 12.8 Å². The molecule has 0 spiro atoms. The van der Waals surface area contributed by atoms with Gasteiger partial charge in [-0.2, -0.15) is 0 Å². The number of cyclic esters (lactones) is 1. The average Bonchev–Trinajstić information content (AvgIpc) is 2.53. The van der Waals surface area contributed by atoms with E-state index in [1.54, 1.807) is 0 Å². The van der Waals surface area contributed by atoms with E-state index in [2.05, 4.69) is 13.0 Å². The summed E-state index contributed by atoms with van der Waals surface area (Å²) in [5.41, 5.74) is 1.49. The van der Waals surface area contributed by atoms with Gasteiger partial charge < -0.3 is 4.74 Å². The molecule has 2 unspecified atom stereocenters. The first-order valence-corrected chi connectivity index (χ1v) is 5.11. The van der Waals surface area contributed by atoms with Crippen LogP contribution in [-0.4, -0.2) is 12.1 Å². The third-order valence-corrected chi connectivity index (χ3v) is 3.12. The molecule has 13 heavy (non-hydrogen) atoms. The Morgan fingerprint density at radius 3 is 2.77 bits per heavy atom. The number of allylic oxidation sites excluding steroid dienone is 2. The van der Waals surface area contributed by atoms with Gasteiger partial charge in [0.1, 0.15) is 6.10 Å². The summed E-state index contributed by atoms with van der Waals surface area (Å²) in [5, 5.41) is 0. The van der Waals surface area contributed by atoms with Gasteiger partial charge in [0, 0.05) is 6.42 Å². The van der Waals surface area contributed by atoms with Crippen LogP contribution in [-0.2, 0) is 9.53 Å². The highest BCUT2D eigenvalue weighted by Gasteiger charge is 2.31. The Morgan fingerprint density at radius 1 is 1.38 bits per heavy atom. The number of rotatable bonds is 1. The molecule has 0 bridgehead atoms. The van der Waals surface area contributed by atoms with E-state index in [1.807, 2.05) is 0 Å². The summed E-state index contributed by atoms with van der Waals surface area (Å²) in [6.07, 6.45) is 7.56. The predicted molar refractivity (Wildman–Crippen MR) is 50.2 cm³/mol. The molecule has 0 aromatic carbocycles. The lowest BCUT2D eigenvalue weighted by molar-refractivity contribution is -0.143. The van der Waals surface area contributed by atoms with Gasteiger partial charge in [-0.05, 0) is 38.5 Å². The highest BCUT2D eigenvalue weighted by Crippen LogP contribution is 2.32. The number of hydrogen-bond donors (Lipinski definition) is 0. The zero-order valence-electron chi connectivity index (χ0n) is 8.08. The summed E-state index contributed by atoms with van der Waals surface area (Å²) < 4.78 is 5.27. The van der Waals surface area contributed by atoms with Crippen LogP contribution in [0.4, 0.5) is 0 Å². The van der Waals surface area contributed by atoms with Crippen molar-refractivity contribution in [1.29, 1.82) is 0 Å². The molecule has 72 valence electrons. The summed E-state index contributed by atoms with van der Waals surface area (Å²) in [6.45, 7) is 2.18. The molecule has 0 radical (unpaired) electrons. The van der Waals surface area contributed by atoms with Gasteiger partial charge in [0.05, 0.1) is 0 Å². The molecule has 2 aliphatic rings. The Hall–Kier alpha value is -0.790. The monoisotopic (exact) mass is 180 g/mol. The number of esters is 1. The van der Waals surface area contributed by atoms with Crippen LogP contribution in [0.5, 0.6) is 0 Å². The van der Waals surface area contributed by atoms with E-state index in [0.29, 0.717) is 12.3 Å². The van der Waals surface area contributed by atoms with Gasteiger partial charge in [0.15, 0.2) is 0 Å². The molecule has 1 aliphatic heterocycles. The largest absolute Gasteiger partial charge is 0.462 e. The molecule has 0 amide bonds. The average molecular weight is 180 g/mol. The topological polar surface area (TPSA) is 26.3 Å². The van der Waals surface area contributed by atoms with Crippen LogP contribution >= 0.6 is 0 Å². The van der Waals surface area contributed by atoms with Gasteiger partial charge in [-0.3, -0.25) is 4.79 Å². The highest BCUT2D eigenvalue weighted by molar-refractivity contribution is 5.71. The van der Waals surface area contributed by atoms with Gasteiger partial charge in [0.2, 0.25) is 0 Å². The van der Waals surface area contributed by atoms with Crippen molar-refractivity contribution >= 4 is 5.97 Å². The molecule has 2 rings (SSSR count). The van der Waals surface area contributed by atoms with E-state index in [9.17, 15) is 4.79 Å². The Labute approximate surface area is 79.0 Å². The van der Waals surface area contributed by atoms with E-state index in [-0.39, 0.29) is 12.1 Å². The Balaban J connectivity index is 1.92. The van der Waals surface area contributed by atoms with Crippen LogP contribution in [0.1, 0.15) is 39.0 Å². The van der Waals surface area contributed by atoms with Crippen LogP contribution in [0.25, 0.3) is 0 Å². The summed E-state index contributed by atoms with van der Waals surface area (Å²) in [4.78, 5) is 10.9. The first-order valence-electron chi connectivity index (χ1n) is 5.11. The fourth-order valence-corrected chi connectivity index (χ4v) is 2.20. The van der Waals surface area contributed by atoms with Gasteiger partial charge in [-0.25, -0.2) is 0 Å². The smallest absolute Gasteiger partial charge is 0.306 e. The fraction of sp³-hybridized carbons (Fsp3) is 0.727. The lowest BCUT2D eigenvalue weighted by atomic mass is 9.85. The molecular formula is C11H16O2. The van der Waals surface area contributed by atoms with Gasteiger partial charge >= 0.3 is 5.97 Å². The molecule has 1 aliphatic carbocycles. The summed E-state index contributed by atoms with van der Waals surface area (Å²) in [6, 6.07) is 0. The third-order valence-electron chi connectivity index (χ3n) is 3.12. The molecule has 1 saturated heterocycles. The lowest BCUT2D eigenvalue weighted by Crippen LogP contribution is -2.21. The number of hydrogen-bond acceptors (Lipinski definition) is 2. The molecule has 2 heteroatoms. The molecular weight excluding hydrogens is 164 g/mol. The zero-order valence-corrected chi connectivity index (χ0v) is 8.08. The second-order valence-electron chi connectivity index (χ2n) is 4.15. The number of carbonyl (C=O) groups is 1. The van der Waals surface area contributed by atoms with Gasteiger partial charge in [-0.1, -0.05) is 11.6 Å². The normalized spacial score (nSPS) is 34.2. The SMILES string of the molecule is CC1=CCC(C2CCC(=O)O2)CC1. The van der Waals surface area contributed by atoms with Crippen molar-refractivity contribution in [2.24, 2.45) is 5.92 Å². The van der Waals surface area contributed by atoms with E-state index >= 15 is 0 Å². The minimum Gasteiger partial charge on any atom is -0.462 e. The minimum absolute atomic E-state index is 0.00345. The van der Waals surface area contributed by atoms with Crippen molar-refractivity contribution in [3.8, 4) is 0 Å². The van der Waals surface area contributed by atoms with Crippen molar-refractivity contribution < 1.29 is 9.53 Å². The van der Waals surface area contributed by atoms with Gasteiger partial charge in [-0.15, -0.1) is 0 Å². The van der Waals surface area contributed by atoms with Crippen LogP contribution in [0, 0.1) is 5.92 Å². The molecule has 0 aromatic rings. The zero-order chi connectivity index (χ0) is 9.26. The second kappa shape index (κ2) is 3.52. The fourth-order valence-electron chi connectivity index (χ4n) is 2.20. The molecule has 0 N–H and O–H groups in total. The summed E-state index contributed by atoms with van der Waals surface area (Å²) in [7, 11) is 0. The molecule has 2 atom stereocenters. The van der Waals surface area contributed by atoms with E-state index in [4.69, 9.17) is 4.74 Å². The summed E-state index contributed by atoms with van der Waals surface area (Å²) in [5.74, 6) is 0.589.